The van der Waals surface area contributed by atoms with Gasteiger partial charge in [-0.1, -0.05) is 13.8 Å². The lowest BCUT2D eigenvalue weighted by Gasteiger charge is -2.16. The van der Waals surface area contributed by atoms with Crippen molar-refractivity contribution < 1.29 is 4.79 Å². The van der Waals surface area contributed by atoms with Gasteiger partial charge in [-0.3, -0.25) is 4.79 Å². The zero-order chi connectivity index (χ0) is 12.8. The number of rotatable bonds is 6. The Morgan fingerprint density at radius 1 is 1.12 bits per heavy atom. The predicted molar refractivity (Wildman–Crippen MR) is 73.6 cm³/mol. The predicted octanol–water partition coefficient (Wildman–Crippen LogP) is 4.13. The van der Waals surface area contributed by atoms with Crippen molar-refractivity contribution in [2.45, 2.75) is 46.6 Å². The van der Waals surface area contributed by atoms with Crippen molar-refractivity contribution >= 4 is 11.5 Å². The molecule has 0 bridgehead atoms. The summed E-state index contributed by atoms with van der Waals surface area (Å²) in [5, 5.41) is 3.45. The third-order valence-electron chi connectivity index (χ3n) is 2.88. The second kappa shape index (κ2) is 6.43. The van der Waals surface area contributed by atoms with Crippen molar-refractivity contribution in [2.75, 3.05) is 5.32 Å². The van der Waals surface area contributed by atoms with E-state index in [1.54, 1.807) is 6.92 Å². The molecule has 1 N–H and O–H groups in total. The van der Waals surface area contributed by atoms with E-state index in [-0.39, 0.29) is 5.78 Å². The van der Waals surface area contributed by atoms with Crippen LogP contribution >= 0.6 is 0 Å². The van der Waals surface area contributed by atoms with E-state index in [1.165, 1.54) is 12.8 Å². The van der Waals surface area contributed by atoms with Gasteiger partial charge in [-0.2, -0.15) is 0 Å². The lowest BCUT2D eigenvalue weighted by Crippen LogP contribution is -2.15. The molecule has 1 aromatic rings. The molecule has 1 atom stereocenters. The maximum Gasteiger partial charge on any atom is 0.159 e. The van der Waals surface area contributed by atoms with Crippen LogP contribution in [0.4, 0.5) is 5.69 Å². The van der Waals surface area contributed by atoms with Crippen LogP contribution < -0.4 is 5.32 Å². The monoisotopic (exact) mass is 233 g/mol. The molecule has 0 aromatic heterocycles. The van der Waals surface area contributed by atoms with E-state index in [0.717, 1.165) is 17.2 Å². The van der Waals surface area contributed by atoms with Crippen LogP contribution in [0.1, 0.15) is 50.9 Å². The first-order valence-electron chi connectivity index (χ1n) is 6.36. The Kier molecular flexibility index (Phi) is 5.20. The number of hydrogen-bond donors (Lipinski definition) is 1. The van der Waals surface area contributed by atoms with E-state index in [0.29, 0.717) is 6.04 Å². The lowest BCUT2D eigenvalue weighted by molar-refractivity contribution is 0.101. The second-order valence-electron chi connectivity index (χ2n) is 5.15. The number of Topliss-reactive ketones (excluding diaryl/α,β-unsaturated/α-hetero) is 1. The SMILES string of the molecule is CC(=O)c1ccc(NC(C)CCC(C)C)cc1. The summed E-state index contributed by atoms with van der Waals surface area (Å²) in [4.78, 5) is 11.1. The summed E-state index contributed by atoms with van der Waals surface area (Å²) in [5.74, 6) is 0.865. The maximum atomic E-state index is 11.1. The highest BCUT2D eigenvalue weighted by atomic mass is 16.1. The van der Waals surface area contributed by atoms with Gasteiger partial charge in [-0.05, 0) is 56.9 Å². The summed E-state index contributed by atoms with van der Waals surface area (Å²) in [6, 6.07) is 8.17. The third kappa shape index (κ3) is 5.03. The van der Waals surface area contributed by atoms with Gasteiger partial charge in [0.05, 0.1) is 0 Å². The number of carbonyl (C=O) groups is 1. The molecule has 0 amide bonds. The average Bonchev–Trinajstić information content (AvgIpc) is 2.27. The van der Waals surface area contributed by atoms with E-state index in [9.17, 15) is 4.79 Å². The largest absolute Gasteiger partial charge is 0.383 e. The minimum Gasteiger partial charge on any atom is -0.383 e. The van der Waals surface area contributed by atoms with Gasteiger partial charge in [0.25, 0.3) is 0 Å². The third-order valence-corrected chi connectivity index (χ3v) is 2.88. The Bertz CT molecular complexity index is 354. The average molecular weight is 233 g/mol. The second-order valence-corrected chi connectivity index (χ2v) is 5.15. The number of anilines is 1. The minimum absolute atomic E-state index is 0.115. The zero-order valence-corrected chi connectivity index (χ0v) is 11.3. The number of ketones is 1. The quantitative estimate of drug-likeness (QED) is 0.749. The fraction of sp³-hybridized carbons (Fsp3) is 0.533. The van der Waals surface area contributed by atoms with E-state index in [2.05, 4.69) is 26.1 Å². The molecule has 1 rings (SSSR count). The molecule has 0 heterocycles. The summed E-state index contributed by atoms with van der Waals surface area (Å²) in [5.41, 5.74) is 1.86. The molecule has 0 radical (unpaired) electrons. The van der Waals surface area contributed by atoms with Gasteiger partial charge in [0, 0.05) is 17.3 Å². The van der Waals surface area contributed by atoms with Crippen LogP contribution in [-0.2, 0) is 0 Å². The standard InChI is InChI=1S/C15H23NO/c1-11(2)5-6-12(3)16-15-9-7-14(8-10-15)13(4)17/h7-12,16H,5-6H2,1-4H3. The molecule has 94 valence electrons. The number of hydrogen-bond acceptors (Lipinski definition) is 2. The molecular weight excluding hydrogens is 210 g/mol. The molecule has 0 aliphatic carbocycles. The molecule has 17 heavy (non-hydrogen) atoms. The van der Waals surface area contributed by atoms with E-state index in [4.69, 9.17) is 0 Å². The Balaban J connectivity index is 2.48. The molecule has 1 unspecified atom stereocenters. The van der Waals surface area contributed by atoms with Gasteiger partial charge in [0.15, 0.2) is 5.78 Å². The van der Waals surface area contributed by atoms with Gasteiger partial charge >= 0.3 is 0 Å². The van der Waals surface area contributed by atoms with Gasteiger partial charge in [0.1, 0.15) is 0 Å². The smallest absolute Gasteiger partial charge is 0.159 e. The van der Waals surface area contributed by atoms with Crippen LogP contribution in [-0.4, -0.2) is 11.8 Å². The Morgan fingerprint density at radius 3 is 2.18 bits per heavy atom. The summed E-state index contributed by atoms with van der Waals surface area (Å²) in [7, 11) is 0. The lowest BCUT2D eigenvalue weighted by atomic mass is 10.0. The maximum absolute atomic E-state index is 11.1. The highest BCUT2D eigenvalue weighted by molar-refractivity contribution is 5.94. The molecule has 1 aromatic carbocycles. The summed E-state index contributed by atoms with van der Waals surface area (Å²) >= 11 is 0. The molecule has 0 aliphatic heterocycles. The van der Waals surface area contributed by atoms with Crippen molar-refractivity contribution in [3.05, 3.63) is 29.8 Å². The van der Waals surface area contributed by atoms with Crippen LogP contribution in [0, 0.1) is 5.92 Å². The van der Waals surface area contributed by atoms with Crippen LogP contribution in [0.25, 0.3) is 0 Å². The normalized spacial score (nSPS) is 12.5. The van der Waals surface area contributed by atoms with Crippen LogP contribution in [0.5, 0.6) is 0 Å². The van der Waals surface area contributed by atoms with E-state index >= 15 is 0 Å². The van der Waals surface area contributed by atoms with Gasteiger partial charge in [-0.25, -0.2) is 0 Å². The highest BCUT2D eigenvalue weighted by Gasteiger charge is 2.04. The molecule has 0 aliphatic rings. The Morgan fingerprint density at radius 2 is 1.71 bits per heavy atom. The zero-order valence-electron chi connectivity index (χ0n) is 11.3. The van der Waals surface area contributed by atoms with Gasteiger partial charge < -0.3 is 5.32 Å². The van der Waals surface area contributed by atoms with Crippen LogP contribution in [0.3, 0.4) is 0 Å². The van der Waals surface area contributed by atoms with Crippen molar-refractivity contribution in [1.82, 2.24) is 0 Å². The molecule has 0 spiro atoms. The first-order chi connectivity index (χ1) is 7.99. The molecule has 0 saturated heterocycles. The molecule has 2 nitrogen and oxygen atoms in total. The van der Waals surface area contributed by atoms with E-state index in [1.807, 2.05) is 24.3 Å². The first-order valence-corrected chi connectivity index (χ1v) is 6.36. The number of benzene rings is 1. The Labute approximate surface area is 104 Å². The fourth-order valence-electron chi connectivity index (χ4n) is 1.74. The highest BCUT2D eigenvalue weighted by Crippen LogP contribution is 2.14. The van der Waals surface area contributed by atoms with Crippen molar-refractivity contribution in [1.29, 1.82) is 0 Å². The summed E-state index contributed by atoms with van der Waals surface area (Å²) in [6.07, 6.45) is 2.41. The van der Waals surface area contributed by atoms with Crippen molar-refractivity contribution in [2.24, 2.45) is 5.92 Å². The topological polar surface area (TPSA) is 29.1 Å². The van der Waals surface area contributed by atoms with Gasteiger partial charge in [-0.15, -0.1) is 0 Å². The summed E-state index contributed by atoms with van der Waals surface area (Å²) in [6.45, 7) is 8.28. The van der Waals surface area contributed by atoms with E-state index < -0.39 is 0 Å². The number of carbonyl (C=O) groups excluding carboxylic acids is 1. The Hall–Kier alpha value is -1.31. The first kappa shape index (κ1) is 13.8. The number of nitrogens with one attached hydrogen (secondary N) is 1. The van der Waals surface area contributed by atoms with Crippen molar-refractivity contribution in [3.63, 3.8) is 0 Å². The molecule has 0 fully saturated rings. The van der Waals surface area contributed by atoms with Crippen LogP contribution in [0.2, 0.25) is 0 Å². The van der Waals surface area contributed by atoms with Gasteiger partial charge in [0.2, 0.25) is 0 Å². The van der Waals surface area contributed by atoms with Crippen LogP contribution in [0.15, 0.2) is 24.3 Å². The van der Waals surface area contributed by atoms with Crippen molar-refractivity contribution in [3.8, 4) is 0 Å². The molecule has 0 saturated carbocycles. The fourth-order valence-corrected chi connectivity index (χ4v) is 1.74. The molecule has 2 heteroatoms. The summed E-state index contributed by atoms with van der Waals surface area (Å²) < 4.78 is 0. The molecular formula is C15H23NO. The minimum atomic E-state index is 0.115.